The molecule has 4 nitrogen and oxygen atoms in total. The summed E-state index contributed by atoms with van der Waals surface area (Å²) in [5.41, 5.74) is 3.45. The van der Waals surface area contributed by atoms with Crippen LogP contribution in [0.4, 0.5) is 0 Å². The van der Waals surface area contributed by atoms with Crippen LogP contribution >= 0.6 is 0 Å². The van der Waals surface area contributed by atoms with Gasteiger partial charge in [0.25, 0.3) is 5.56 Å². The topological polar surface area (TPSA) is 41.0 Å². The van der Waals surface area contributed by atoms with Gasteiger partial charge in [0.1, 0.15) is 0 Å². The van der Waals surface area contributed by atoms with Crippen LogP contribution in [0, 0.1) is 0 Å². The third kappa shape index (κ3) is 3.54. The summed E-state index contributed by atoms with van der Waals surface area (Å²) < 4.78 is 1.98. The van der Waals surface area contributed by atoms with E-state index in [4.69, 9.17) is 0 Å². The molecule has 120 valence electrons. The quantitative estimate of drug-likeness (QED) is 0.760. The second-order valence-corrected chi connectivity index (χ2v) is 6.23. The minimum Gasteiger partial charge on any atom is -0.309 e. The van der Waals surface area contributed by atoms with Crippen molar-refractivity contribution in [1.82, 2.24) is 14.7 Å². The molecule has 0 aliphatic carbocycles. The van der Waals surface area contributed by atoms with Crippen molar-refractivity contribution in [2.75, 3.05) is 20.6 Å². The van der Waals surface area contributed by atoms with Crippen LogP contribution < -0.4 is 5.56 Å². The number of aromatic nitrogens is 2. The van der Waals surface area contributed by atoms with E-state index >= 15 is 0 Å². The van der Waals surface area contributed by atoms with Gasteiger partial charge in [0.05, 0.1) is 17.4 Å². The number of aryl methyl sites for hydroxylation is 1. The standard InChI is InChI=1S/C19H23N3O/c1-21(2)13-7-11-16-10-6-12-17-18(16)22(20-19(17)23)14-15-8-4-3-5-9-15/h3-6,8-10,12H,7,11,13-14H2,1-2H3,(H,20,23). The zero-order valence-electron chi connectivity index (χ0n) is 13.7. The average molecular weight is 309 g/mol. The Morgan fingerprint density at radius 3 is 2.57 bits per heavy atom. The van der Waals surface area contributed by atoms with E-state index in [1.165, 1.54) is 11.1 Å². The van der Waals surface area contributed by atoms with Gasteiger partial charge in [-0.15, -0.1) is 0 Å². The number of rotatable bonds is 6. The third-order valence-electron chi connectivity index (χ3n) is 4.11. The predicted molar refractivity (Wildman–Crippen MR) is 95.0 cm³/mol. The van der Waals surface area contributed by atoms with Gasteiger partial charge in [0.2, 0.25) is 0 Å². The Bertz CT molecular complexity index is 831. The molecule has 0 spiro atoms. The Kier molecular flexibility index (Phi) is 4.63. The molecule has 0 radical (unpaired) electrons. The largest absolute Gasteiger partial charge is 0.309 e. The molecule has 0 bridgehead atoms. The smallest absolute Gasteiger partial charge is 0.271 e. The second-order valence-electron chi connectivity index (χ2n) is 6.23. The lowest BCUT2D eigenvalue weighted by Crippen LogP contribution is -2.13. The maximum atomic E-state index is 12.2. The summed E-state index contributed by atoms with van der Waals surface area (Å²) in [6.45, 7) is 1.73. The molecule has 0 unspecified atom stereocenters. The van der Waals surface area contributed by atoms with Gasteiger partial charge in [-0.1, -0.05) is 42.5 Å². The molecule has 2 aromatic carbocycles. The lowest BCUT2D eigenvalue weighted by atomic mass is 10.1. The number of aromatic amines is 1. The Morgan fingerprint density at radius 2 is 1.83 bits per heavy atom. The molecule has 0 amide bonds. The van der Waals surface area contributed by atoms with Crippen molar-refractivity contribution >= 4 is 10.9 Å². The van der Waals surface area contributed by atoms with Crippen molar-refractivity contribution < 1.29 is 0 Å². The summed E-state index contributed by atoms with van der Waals surface area (Å²) in [5.74, 6) is 0. The fraction of sp³-hybridized carbons (Fsp3) is 0.316. The first-order valence-corrected chi connectivity index (χ1v) is 8.04. The molecule has 0 atom stereocenters. The summed E-state index contributed by atoms with van der Waals surface area (Å²) in [5, 5.41) is 3.77. The molecule has 4 heteroatoms. The van der Waals surface area contributed by atoms with Crippen LogP contribution in [0.5, 0.6) is 0 Å². The molecule has 23 heavy (non-hydrogen) atoms. The van der Waals surface area contributed by atoms with E-state index < -0.39 is 0 Å². The average Bonchev–Trinajstić information content (AvgIpc) is 2.85. The fourth-order valence-corrected chi connectivity index (χ4v) is 3.00. The van der Waals surface area contributed by atoms with E-state index in [2.05, 4.69) is 42.3 Å². The van der Waals surface area contributed by atoms with E-state index in [1.807, 2.05) is 35.0 Å². The summed E-state index contributed by atoms with van der Waals surface area (Å²) >= 11 is 0. The van der Waals surface area contributed by atoms with E-state index in [0.29, 0.717) is 6.54 Å². The molecule has 0 fully saturated rings. The predicted octanol–water partition coefficient (Wildman–Crippen LogP) is 2.87. The van der Waals surface area contributed by atoms with Gasteiger partial charge in [-0.25, -0.2) is 0 Å². The highest BCUT2D eigenvalue weighted by Crippen LogP contribution is 2.18. The molecule has 0 saturated carbocycles. The molecule has 3 aromatic rings. The fourth-order valence-electron chi connectivity index (χ4n) is 3.00. The number of hydrogen-bond acceptors (Lipinski definition) is 2. The van der Waals surface area contributed by atoms with E-state index in [1.54, 1.807) is 0 Å². The molecule has 1 N–H and O–H groups in total. The number of hydrogen-bond donors (Lipinski definition) is 1. The zero-order valence-corrected chi connectivity index (χ0v) is 13.7. The van der Waals surface area contributed by atoms with Crippen LogP contribution in [0.15, 0.2) is 53.3 Å². The molecular weight excluding hydrogens is 286 g/mol. The molecular formula is C19H23N3O. The Balaban J connectivity index is 1.96. The number of nitrogens with zero attached hydrogens (tertiary/aromatic N) is 2. The normalized spacial score (nSPS) is 11.4. The van der Waals surface area contributed by atoms with Gasteiger partial charge in [0.15, 0.2) is 0 Å². The maximum Gasteiger partial charge on any atom is 0.271 e. The maximum absolute atomic E-state index is 12.2. The van der Waals surface area contributed by atoms with Crippen LogP contribution in [-0.2, 0) is 13.0 Å². The van der Waals surface area contributed by atoms with E-state index in [-0.39, 0.29) is 5.56 Å². The zero-order chi connectivity index (χ0) is 16.2. The summed E-state index contributed by atoms with van der Waals surface area (Å²) in [6.07, 6.45) is 2.05. The lowest BCUT2D eigenvalue weighted by Gasteiger charge is -2.11. The first-order chi connectivity index (χ1) is 11.1. The van der Waals surface area contributed by atoms with Gasteiger partial charge < -0.3 is 4.90 Å². The van der Waals surface area contributed by atoms with E-state index in [9.17, 15) is 4.79 Å². The summed E-state index contributed by atoms with van der Waals surface area (Å²) in [6, 6.07) is 16.2. The van der Waals surface area contributed by atoms with Crippen LogP contribution in [0.3, 0.4) is 0 Å². The monoisotopic (exact) mass is 309 g/mol. The van der Waals surface area contributed by atoms with Crippen molar-refractivity contribution in [3.63, 3.8) is 0 Å². The van der Waals surface area contributed by atoms with Crippen molar-refractivity contribution in [3.05, 3.63) is 70.0 Å². The van der Waals surface area contributed by atoms with Gasteiger partial charge in [-0.3, -0.25) is 14.6 Å². The first kappa shape index (κ1) is 15.6. The minimum atomic E-state index is -0.00890. The SMILES string of the molecule is CN(C)CCCc1cccc2c(=O)[nH]n(Cc3ccccc3)c12. The van der Waals surface area contributed by atoms with Crippen molar-refractivity contribution in [3.8, 4) is 0 Å². The van der Waals surface area contributed by atoms with Gasteiger partial charge in [0, 0.05) is 0 Å². The number of nitrogens with one attached hydrogen (secondary N) is 1. The number of para-hydroxylation sites is 1. The highest BCUT2D eigenvalue weighted by molar-refractivity contribution is 5.82. The van der Waals surface area contributed by atoms with Gasteiger partial charge >= 0.3 is 0 Å². The molecule has 0 aliphatic rings. The number of benzene rings is 2. The second kappa shape index (κ2) is 6.84. The van der Waals surface area contributed by atoms with Crippen molar-refractivity contribution in [2.24, 2.45) is 0 Å². The number of H-pyrrole nitrogens is 1. The Hall–Kier alpha value is -2.33. The van der Waals surface area contributed by atoms with Crippen molar-refractivity contribution in [2.45, 2.75) is 19.4 Å². The summed E-state index contributed by atoms with van der Waals surface area (Å²) in [7, 11) is 4.17. The highest BCUT2D eigenvalue weighted by atomic mass is 16.1. The van der Waals surface area contributed by atoms with Crippen LogP contribution in [0.2, 0.25) is 0 Å². The Labute approximate surface area is 136 Å². The molecule has 1 aromatic heterocycles. The van der Waals surface area contributed by atoms with Gasteiger partial charge in [-0.2, -0.15) is 0 Å². The molecule has 3 rings (SSSR count). The number of fused-ring (bicyclic) bond motifs is 1. The molecule has 0 aliphatic heterocycles. The lowest BCUT2D eigenvalue weighted by molar-refractivity contribution is 0.400. The summed E-state index contributed by atoms with van der Waals surface area (Å²) in [4.78, 5) is 14.4. The van der Waals surface area contributed by atoms with Gasteiger partial charge in [-0.05, 0) is 50.7 Å². The first-order valence-electron chi connectivity index (χ1n) is 8.04. The highest BCUT2D eigenvalue weighted by Gasteiger charge is 2.11. The Morgan fingerprint density at radius 1 is 1.04 bits per heavy atom. The van der Waals surface area contributed by atoms with Crippen LogP contribution in [-0.4, -0.2) is 35.3 Å². The van der Waals surface area contributed by atoms with Crippen LogP contribution in [0.25, 0.3) is 10.9 Å². The molecule has 0 saturated heterocycles. The van der Waals surface area contributed by atoms with Crippen LogP contribution in [0.1, 0.15) is 17.5 Å². The minimum absolute atomic E-state index is 0.00890. The van der Waals surface area contributed by atoms with Crippen molar-refractivity contribution in [1.29, 1.82) is 0 Å². The third-order valence-corrected chi connectivity index (χ3v) is 4.11. The van der Waals surface area contributed by atoms with E-state index in [0.717, 1.165) is 30.3 Å². The molecule has 1 heterocycles.